The number of nitrogens with zero attached hydrogens (tertiary/aromatic N) is 1. The van der Waals surface area contributed by atoms with E-state index in [0.717, 1.165) is 29.7 Å². The van der Waals surface area contributed by atoms with Gasteiger partial charge in [-0.3, -0.25) is 9.79 Å². The first-order valence-electron chi connectivity index (χ1n) is 6.63. The van der Waals surface area contributed by atoms with E-state index in [4.69, 9.17) is 0 Å². The highest BCUT2D eigenvalue weighted by atomic mass is 32.1. The maximum absolute atomic E-state index is 11.2. The Morgan fingerprint density at radius 2 is 1.94 bits per heavy atom. The Morgan fingerprint density at radius 1 is 1.22 bits per heavy atom. The van der Waals surface area contributed by atoms with Crippen LogP contribution >= 0.6 is 11.3 Å². The van der Waals surface area contributed by atoms with Crippen molar-refractivity contribution < 1.29 is 4.79 Å². The lowest BCUT2D eigenvalue weighted by atomic mass is 10.1. The number of rotatable bonds is 3. The molecule has 0 spiro atoms. The number of hydrogen-bond donors (Lipinski definition) is 1. The molecule has 0 radical (unpaired) electrons. The highest BCUT2D eigenvalue weighted by molar-refractivity contribution is 7.16. The number of thiophene rings is 1. The zero-order chi connectivity index (χ0) is 13.4. The maximum Gasteiger partial charge on any atom is 0.153 e. The molecule has 3 nitrogen and oxygen atoms in total. The fourth-order valence-corrected chi connectivity index (χ4v) is 3.34. The van der Waals surface area contributed by atoms with Crippen molar-refractivity contribution in [3.63, 3.8) is 0 Å². The third-order valence-electron chi connectivity index (χ3n) is 2.90. The molecule has 0 aliphatic heterocycles. The van der Waals surface area contributed by atoms with Gasteiger partial charge in [0, 0.05) is 11.9 Å². The van der Waals surface area contributed by atoms with Gasteiger partial charge in [-0.15, -0.1) is 11.3 Å². The Morgan fingerprint density at radius 3 is 2.61 bits per heavy atom. The van der Waals surface area contributed by atoms with Gasteiger partial charge in [-0.2, -0.15) is 0 Å². The van der Waals surface area contributed by atoms with E-state index < -0.39 is 0 Å². The molecule has 2 rings (SSSR count). The van der Waals surface area contributed by atoms with Crippen molar-refractivity contribution in [2.24, 2.45) is 4.99 Å². The Hall–Kier alpha value is -1.16. The maximum atomic E-state index is 11.2. The van der Waals surface area contributed by atoms with E-state index in [2.05, 4.69) is 10.3 Å². The smallest absolute Gasteiger partial charge is 0.153 e. The molecule has 0 bridgehead atoms. The summed E-state index contributed by atoms with van der Waals surface area (Å²) in [4.78, 5) is 16.4. The average molecular weight is 266 g/mol. The van der Waals surface area contributed by atoms with Gasteiger partial charge in [-0.1, -0.05) is 20.3 Å². The summed E-state index contributed by atoms with van der Waals surface area (Å²) in [6, 6.07) is 0. The Kier molecular flexibility index (Phi) is 6.65. The van der Waals surface area contributed by atoms with Gasteiger partial charge in [0.15, 0.2) is 6.29 Å². The fourth-order valence-electron chi connectivity index (χ4n) is 2.12. The van der Waals surface area contributed by atoms with Crippen LogP contribution in [-0.4, -0.2) is 19.7 Å². The summed E-state index contributed by atoms with van der Waals surface area (Å²) < 4.78 is 0. The quantitative estimate of drug-likeness (QED) is 0.390. The lowest BCUT2D eigenvalue weighted by molar-refractivity contribution is 0.112. The second kappa shape index (κ2) is 8.03. The van der Waals surface area contributed by atoms with E-state index in [1.54, 1.807) is 24.7 Å². The van der Waals surface area contributed by atoms with Gasteiger partial charge in [0.05, 0.1) is 11.9 Å². The molecule has 0 amide bonds. The lowest BCUT2D eigenvalue weighted by Gasteiger charge is -1.99. The van der Waals surface area contributed by atoms with E-state index in [-0.39, 0.29) is 0 Å². The molecule has 0 saturated heterocycles. The van der Waals surface area contributed by atoms with Crippen LogP contribution in [0.2, 0.25) is 0 Å². The number of anilines is 1. The van der Waals surface area contributed by atoms with Gasteiger partial charge in [-0.25, -0.2) is 0 Å². The molecule has 1 aliphatic carbocycles. The van der Waals surface area contributed by atoms with Crippen LogP contribution in [0.5, 0.6) is 0 Å². The first-order valence-corrected chi connectivity index (χ1v) is 7.45. The molecule has 1 aromatic rings. The van der Waals surface area contributed by atoms with Crippen LogP contribution in [0, 0.1) is 0 Å². The molecule has 1 N–H and O–H groups in total. The van der Waals surface area contributed by atoms with Gasteiger partial charge in [0.1, 0.15) is 5.00 Å². The molecule has 1 heterocycles. The number of fused-ring (bicyclic) bond motifs is 1. The minimum atomic E-state index is 0.849. The molecule has 0 aromatic carbocycles. The zero-order valence-corrected chi connectivity index (χ0v) is 12.3. The number of hydrogen-bond acceptors (Lipinski definition) is 3. The highest BCUT2D eigenvalue weighted by Gasteiger charge is 2.18. The molecule has 100 valence electrons. The summed E-state index contributed by atoms with van der Waals surface area (Å²) in [6.45, 7) is 4.00. The first-order chi connectivity index (χ1) is 8.86. The summed E-state index contributed by atoms with van der Waals surface area (Å²) in [5.74, 6) is 0. The van der Waals surface area contributed by atoms with Crippen molar-refractivity contribution in [1.82, 2.24) is 0 Å². The minimum absolute atomic E-state index is 0.849. The number of carbonyl (C=O) groups is 1. The van der Waals surface area contributed by atoms with Crippen molar-refractivity contribution in [2.75, 3.05) is 12.4 Å². The van der Waals surface area contributed by atoms with E-state index >= 15 is 0 Å². The molecule has 4 heteroatoms. The topological polar surface area (TPSA) is 41.5 Å². The largest absolute Gasteiger partial charge is 0.338 e. The molecule has 18 heavy (non-hydrogen) atoms. The van der Waals surface area contributed by atoms with Crippen LogP contribution in [0.3, 0.4) is 0 Å². The third kappa shape index (κ3) is 3.42. The molecule has 0 fully saturated rings. The monoisotopic (exact) mass is 266 g/mol. The summed E-state index contributed by atoms with van der Waals surface area (Å²) in [7, 11) is 1.71. The van der Waals surface area contributed by atoms with Crippen molar-refractivity contribution in [3.8, 4) is 0 Å². The summed E-state index contributed by atoms with van der Waals surface area (Å²) in [6.07, 6.45) is 8.50. The van der Waals surface area contributed by atoms with Crippen molar-refractivity contribution in [1.29, 1.82) is 0 Å². The lowest BCUT2D eigenvalue weighted by Crippen LogP contribution is -1.97. The van der Waals surface area contributed by atoms with Crippen molar-refractivity contribution >= 4 is 29.0 Å². The first kappa shape index (κ1) is 14.9. The molecule has 1 aromatic heterocycles. The van der Waals surface area contributed by atoms with E-state index in [0.29, 0.717) is 0 Å². The SMILES string of the molecule is CC.CN=CNc1sc2c(c1C=O)CCCCC2. The second-order valence-electron chi connectivity index (χ2n) is 3.96. The van der Waals surface area contributed by atoms with Gasteiger partial charge in [-0.05, 0) is 31.2 Å². The van der Waals surface area contributed by atoms with Crippen LogP contribution in [0.25, 0.3) is 0 Å². The van der Waals surface area contributed by atoms with E-state index in [9.17, 15) is 4.79 Å². The number of aldehydes is 1. The second-order valence-corrected chi connectivity index (χ2v) is 5.06. The van der Waals surface area contributed by atoms with Crippen molar-refractivity contribution in [3.05, 3.63) is 16.0 Å². The van der Waals surface area contributed by atoms with Gasteiger partial charge in [0.25, 0.3) is 0 Å². The summed E-state index contributed by atoms with van der Waals surface area (Å²) >= 11 is 1.71. The van der Waals surface area contributed by atoms with E-state index in [1.807, 2.05) is 13.8 Å². The van der Waals surface area contributed by atoms with E-state index in [1.165, 1.54) is 29.7 Å². The Balaban J connectivity index is 0.000000771. The van der Waals surface area contributed by atoms with Crippen LogP contribution in [-0.2, 0) is 12.8 Å². The predicted octanol–water partition coefficient (Wildman–Crippen LogP) is 3.93. The van der Waals surface area contributed by atoms with Gasteiger partial charge < -0.3 is 5.32 Å². The Labute approximate surface area is 113 Å². The van der Waals surface area contributed by atoms with Crippen LogP contribution < -0.4 is 5.32 Å². The Bertz CT molecular complexity index is 410. The van der Waals surface area contributed by atoms with Gasteiger partial charge >= 0.3 is 0 Å². The number of aliphatic imine (C=N–C) groups is 1. The summed E-state index contributed by atoms with van der Waals surface area (Å²) in [5.41, 5.74) is 2.12. The molecule has 1 aliphatic rings. The number of aryl methyl sites for hydroxylation is 1. The van der Waals surface area contributed by atoms with Crippen LogP contribution in [0.1, 0.15) is 53.9 Å². The van der Waals surface area contributed by atoms with Crippen LogP contribution in [0.4, 0.5) is 5.00 Å². The summed E-state index contributed by atoms with van der Waals surface area (Å²) in [5, 5.41) is 4.04. The van der Waals surface area contributed by atoms with Crippen LogP contribution in [0.15, 0.2) is 4.99 Å². The molecule has 0 saturated carbocycles. The number of nitrogens with one attached hydrogen (secondary N) is 1. The third-order valence-corrected chi connectivity index (χ3v) is 4.14. The zero-order valence-electron chi connectivity index (χ0n) is 11.5. The predicted molar refractivity (Wildman–Crippen MR) is 80.4 cm³/mol. The highest BCUT2D eigenvalue weighted by Crippen LogP contribution is 2.36. The normalized spacial score (nSPS) is 14.4. The average Bonchev–Trinajstić information content (AvgIpc) is 2.59. The van der Waals surface area contributed by atoms with Crippen molar-refractivity contribution in [2.45, 2.75) is 46.0 Å². The molecular formula is C14H22N2OS. The van der Waals surface area contributed by atoms with Gasteiger partial charge in [0.2, 0.25) is 0 Å². The molecule has 0 unspecified atom stereocenters. The molecule has 0 atom stereocenters. The fraction of sp³-hybridized carbons (Fsp3) is 0.571. The molecular weight excluding hydrogens is 244 g/mol. The minimum Gasteiger partial charge on any atom is -0.338 e. The number of carbonyl (C=O) groups excluding carboxylic acids is 1. The standard InChI is InChI=1S/C12H16N2OS.C2H6/c1-13-8-14-12-10(7-15)9-5-3-2-4-6-11(9)16-12;1-2/h7-8H,2-6H2,1H3,(H,13,14);1-2H3.